The fourth-order valence-electron chi connectivity index (χ4n) is 1.26. The van der Waals surface area contributed by atoms with Gasteiger partial charge in [-0.1, -0.05) is 0 Å². The van der Waals surface area contributed by atoms with Crippen molar-refractivity contribution < 1.29 is 9.21 Å². The van der Waals surface area contributed by atoms with Crippen molar-refractivity contribution in [3.63, 3.8) is 0 Å². The van der Waals surface area contributed by atoms with Crippen LogP contribution in [0.1, 0.15) is 5.89 Å². The summed E-state index contributed by atoms with van der Waals surface area (Å²) < 4.78 is 5.29. The van der Waals surface area contributed by atoms with E-state index < -0.39 is 6.03 Å². The van der Waals surface area contributed by atoms with Crippen LogP contribution in [0.25, 0.3) is 11.1 Å². The molecular formula is C9H9N3O2. The number of aromatic nitrogens is 1. The number of anilines is 1. The van der Waals surface area contributed by atoms with Crippen LogP contribution in [0.15, 0.2) is 22.6 Å². The number of rotatable bonds is 1. The van der Waals surface area contributed by atoms with Gasteiger partial charge in [0.1, 0.15) is 5.52 Å². The maximum absolute atomic E-state index is 10.6. The summed E-state index contributed by atoms with van der Waals surface area (Å²) in [7, 11) is 0. The quantitative estimate of drug-likeness (QED) is 0.718. The number of carbonyl (C=O) groups excluding carboxylic acids is 1. The number of hydrogen-bond donors (Lipinski definition) is 2. The van der Waals surface area contributed by atoms with Crippen LogP contribution in [-0.2, 0) is 0 Å². The van der Waals surface area contributed by atoms with Crippen molar-refractivity contribution in [2.24, 2.45) is 5.73 Å². The van der Waals surface area contributed by atoms with E-state index >= 15 is 0 Å². The molecule has 72 valence electrons. The molecule has 2 rings (SSSR count). The van der Waals surface area contributed by atoms with Gasteiger partial charge in [-0.15, -0.1) is 0 Å². The number of primary amides is 1. The van der Waals surface area contributed by atoms with E-state index in [0.29, 0.717) is 17.2 Å². The Labute approximate surface area is 79.9 Å². The Morgan fingerprint density at radius 3 is 3.07 bits per heavy atom. The third-order valence-electron chi connectivity index (χ3n) is 1.76. The molecule has 0 saturated heterocycles. The molecular weight excluding hydrogens is 182 g/mol. The largest absolute Gasteiger partial charge is 0.441 e. The van der Waals surface area contributed by atoms with E-state index in [1.807, 2.05) is 0 Å². The molecule has 0 unspecified atom stereocenters. The lowest BCUT2D eigenvalue weighted by molar-refractivity contribution is 0.259. The SMILES string of the molecule is Cc1nc2ccc(NC(N)=O)cc2o1. The summed E-state index contributed by atoms with van der Waals surface area (Å²) in [6, 6.07) is 4.56. The number of nitrogens with two attached hydrogens (primary N) is 1. The highest BCUT2D eigenvalue weighted by Gasteiger charge is 2.03. The van der Waals surface area contributed by atoms with Crippen LogP contribution < -0.4 is 11.1 Å². The van der Waals surface area contributed by atoms with E-state index in [4.69, 9.17) is 10.2 Å². The number of benzene rings is 1. The van der Waals surface area contributed by atoms with Gasteiger partial charge in [-0.25, -0.2) is 9.78 Å². The van der Waals surface area contributed by atoms with E-state index in [1.54, 1.807) is 25.1 Å². The first-order valence-electron chi connectivity index (χ1n) is 4.09. The maximum atomic E-state index is 10.6. The Morgan fingerprint density at radius 1 is 1.57 bits per heavy atom. The molecule has 3 N–H and O–H groups in total. The average molecular weight is 191 g/mol. The number of hydrogen-bond acceptors (Lipinski definition) is 3. The van der Waals surface area contributed by atoms with Gasteiger partial charge in [0.05, 0.1) is 0 Å². The smallest absolute Gasteiger partial charge is 0.316 e. The van der Waals surface area contributed by atoms with Crippen LogP contribution in [0.3, 0.4) is 0 Å². The minimum Gasteiger partial charge on any atom is -0.441 e. The minimum absolute atomic E-state index is 0.594. The molecule has 0 bridgehead atoms. The van der Waals surface area contributed by atoms with Gasteiger partial charge in [-0.05, 0) is 12.1 Å². The van der Waals surface area contributed by atoms with Gasteiger partial charge in [0.25, 0.3) is 0 Å². The van der Waals surface area contributed by atoms with Gasteiger partial charge >= 0.3 is 6.03 Å². The fraction of sp³-hybridized carbons (Fsp3) is 0.111. The zero-order chi connectivity index (χ0) is 10.1. The van der Waals surface area contributed by atoms with E-state index in [-0.39, 0.29) is 0 Å². The number of aryl methyl sites for hydroxylation is 1. The van der Waals surface area contributed by atoms with Crippen molar-refractivity contribution in [3.05, 3.63) is 24.1 Å². The summed E-state index contributed by atoms with van der Waals surface area (Å²) in [4.78, 5) is 14.7. The predicted molar refractivity (Wildman–Crippen MR) is 52.0 cm³/mol. The zero-order valence-electron chi connectivity index (χ0n) is 7.57. The molecule has 1 heterocycles. The highest BCUT2D eigenvalue weighted by atomic mass is 16.3. The molecule has 14 heavy (non-hydrogen) atoms. The monoisotopic (exact) mass is 191 g/mol. The second-order valence-corrected chi connectivity index (χ2v) is 2.90. The van der Waals surface area contributed by atoms with Crippen LogP contribution in [0, 0.1) is 6.92 Å². The number of oxazole rings is 1. The Bertz CT molecular complexity index is 490. The van der Waals surface area contributed by atoms with Crippen molar-refractivity contribution in [1.82, 2.24) is 4.98 Å². The molecule has 2 aromatic rings. The lowest BCUT2D eigenvalue weighted by atomic mass is 10.3. The summed E-state index contributed by atoms with van der Waals surface area (Å²) in [6.45, 7) is 1.77. The molecule has 0 radical (unpaired) electrons. The van der Waals surface area contributed by atoms with Gasteiger partial charge in [0.2, 0.25) is 0 Å². The minimum atomic E-state index is -0.597. The summed E-state index contributed by atoms with van der Waals surface area (Å²) in [5.74, 6) is 0.594. The van der Waals surface area contributed by atoms with Gasteiger partial charge in [-0.2, -0.15) is 0 Å². The van der Waals surface area contributed by atoms with Gasteiger partial charge in [0.15, 0.2) is 11.5 Å². The molecule has 0 atom stereocenters. The van der Waals surface area contributed by atoms with E-state index in [0.717, 1.165) is 5.52 Å². The molecule has 1 aromatic heterocycles. The highest BCUT2D eigenvalue weighted by Crippen LogP contribution is 2.19. The Hall–Kier alpha value is -2.04. The Balaban J connectivity index is 2.45. The van der Waals surface area contributed by atoms with Crippen LogP contribution in [0.5, 0.6) is 0 Å². The molecule has 0 fully saturated rings. The van der Waals surface area contributed by atoms with Crippen LogP contribution >= 0.6 is 0 Å². The van der Waals surface area contributed by atoms with E-state index in [9.17, 15) is 4.79 Å². The molecule has 0 aliphatic heterocycles. The van der Waals surface area contributed by atoms with Crippen LogP contribution in [0.2, 0.25) is 0 Å². The molecule has 0 aliphatic rings. The average Bonchev–Trinajstić information content (AvgIpc) is 2.42. The molecule has 0 aliphatic carbocycles. The standard InChI is InChI=1S/C9H9N3O2/c1-5-11-7-3-2-6(12-9(10)13)4-8(7)14-5/h2-4H,1H3,(H3,10,12,13). The van der Waals surface area contributed by atoms with Crippen LogP contribution in [0.4, 0.5) is 10.5 Å². The summed E-state index contributed by atoms with van der Waals surface area (Å²) in [5, 5.41) is 2.46. The van der Waals surface area contributed by atoms with Crippen molar-refractivity contribution >= 4 is 22.8 Å². The number of urea groups is 1. The number of amides is 2. The first-order chi connectivity index (χ1) is 6.65. The molecule has 1 aromatic carbocycles. The maximum Gasteiger partial charge on any atom is 0.316 e. The van der Waals surface area contributed by atoms with Crippen molar-refractivity contribution in [2.75, 3.05) is 5.32 Å². The van der Waals surface area contributed by atoms with Crippen molar-refractivity contribution in [2.45, 2.75) is 6.92 Å². The first-order valence-corrected chi connectivity index (χ1v) is 4.09. The first kappa shape index (κ1) is 8.55. The van der Waals surface area contributed by atoms with Crippen LogP contribution in [-0.4, -0.2) is 11.0 Å². The van der Waals surface area contributed by atoms with E-state index in [1.165, 1.54) is 0 Å². The van der Waals surface area contributed by atoms with Gasteiger partial charge in [-0.3, -0.25) is 0 Å². The second kappa shape index (κ2) is 3.02. The molecule has 0 saturated carbocycles. The molecule has 0 spiro atoms. The number of carbonyl (C=O) groups is 1. The third kappa shape index (κ3) is 1.52. The highest BCUT2D eigenvalue weighted by molar-refractivity contribution is 5.90. The third-order valence-corrected chi connectivity index (χ3v) is 1.76. The summed E-state index contributed by atoms with van der Waals surface area (Å²) in [5.41, 5.74) is 6.97. The van der Waals surface area contributed by atoms with Crippen molar-refractivity contribution in [1.29, 1.82) is 0 Å². The number of nitrogens with one attached hydrogen (secondary N) is 1. The molecule has 5 heteroatoms. The topological polar surface area (TPSA) is 81.1 Å². The summed E-state index contributed by atoms with van der Waals surface area (Å²) >= 11 is 0. The Morgan fingerprint density at radius 2 is 2.36 bits per heavy atom. The zero-order valence-corrected chi connectivity index (χ0v) is 7.57. The van der Waals surface area contributed by atoms with Gasteiger partial charge in [0, 0.05) is 18.7 Å². The van der Waals surface area contributed by atoms with Gasteiger partial charge < -0.3 is 15.5 Å². The lowest BCUT2D eigenvalue weighted by Crippen LogP contribution is -2.19. The second-order valence-electron chi connectivity index (χ2n) is 2.90. The number of nitrogens with zero attached hydrogens (tertiary/aromatic N) is 1. The molecule has 2 amide bonds. The normalized spacial score (nSPS) is 10.4. The number of fused-ring (bicyclic) bond motifs is 1. The summed E-state index contributed by atoms with van der Waals surface area (Å²) in [6.07, 6.45) is 0. The lowest BCUT2D eigenvalue weighted by Gasteiger charge is -1.99. The van der Waals surface area contributed by atoms with E-state index in [2.05, 4.69) is 10.3 Å². The molecule has 5 nitrogen and oxygen atoms in total. The van der Waals surface area contributed by atoms with Crippen molar-refractivity contribution in [3.8, 4) is 0 Å². The predicted octanol–water partition coefficient (Wildman–Crippen LogP) is 1.63. The fourth-order valence-corrected chi connectivity index (χ4v) is 1.26. The Kier molecular flexibility index (Phi) is 1.85.